The fourth-order valence-corrected chi connectivity index (χ4v) is 7.38. The first-order chi connectivity index (χ1) is 15.5. The van der Waals surface area contributed by atoms with E-state index in [4.69, 9.17) is 0 Å². The quantitative estimate of drug-likeness (QED) is 0.251. The van der Waals surface area contributed by atoms with E-state index >= 15 is 8.78 Å². The van der Waals surface area contributed by atoms with Crippen LogP contribution in [0, 0.1) is 11.8 Å². The van der Waals surface area contributed by atoms with Crippen molar-refractivity contribution < 1.29 is 8.78 Å². The summed E-state index contributed by atoms with van der Waals surface area (Å²) in [5.41, 5.74) is 2.91. The van der Waals surface area contributed by atoms with Gasteiger partial charge in [0.15, 0.2) is 5.83 Å². The van der Waals surface area contributed by atoms with Gasteiger partial charge in [-0.2, -0.15) is 0 Å². The Kier molecular flexibility index (Phi) is 8.04. The summed E-state index contributed by atoms with van der Waals surface area (Å²) in [6.07, 6.45) is 2.18. The van der Waals surface area contributed by atoms with Crippen molar-refractivity contribution >= 4 is 24.7 Å². The third kappa shape index (κ3) is 4.86. The van der Waals surface area contributed by atoms with Crippen LogP contribution in [0.25, 0.3) is 16.6 Å². The maximum atomic E-state index is 15.5. The highest BCUT2D eigenvalue weighted by Crippen LogP contribution is 2.38. The zero-order valence-electron chi connectivity index (χ0n) is 19.6. The molecule has 32 heavy (non-hydrogen) atoms. The van der Waals surface area contributed by atoms with Gasteiger partial charge in [0.2, 0.25) is 0 Å². The highest BCUT2D eigenvalue weighted by Gasteiger charge is 2.36. The van der Waals surface area contributed by atoms with Crippen molar-refractivity contribution in [2.45, 2.75) is 58.7 Å². The molecule has 0 unspecified atom stereocenters. The van der Waals surface area contributed by atoms with E-state index in [1.54, 1.807) is 6.07 Å². The molecular formula is C29H32F2Si. The molecule has 0 aliphatic heterocycles. The van der Waals surface area contributed by atoms with Crippen LogP contribution in [-0.4, -0.2) is 8.07 Å². The topological polar surface area (TPSA) is 0 Å². The van der Waals surface area contributed by atoms with E-state index in [2.05, 4.69) is 30.9 Å². The second kappa shape index (κ2) is 10.7. The van der Waals surface area contributed by atoms with Gasteiger partial charge in [0.1, 0.15) is 13.5 Å². The van der Waals surface area contributed by atoms with Crippen LogP contribution < -0.4 is 0 Å². The predicted molar refractivity (Wildman–Crippen MR) is 137 cm³/mol. The number of hydrogen-bond donors (Lipinski definition) is 0. The summed E-state index contributed by atoms with van der Waals surface area (Å²) in [7, 11) is -2.43. The molecule has 0 N–H and O–H groups in total. The number of halogens is 2. The lowest BCUT2D eigenvalue weighted by atomic mass is 9.99. The lowest BCUT2D eigenvalue weighted by molar-refractivity contribution is 0.636. The SMILES string of the molecule is CCCc1ccc(C#Cc2ccc(/C(F)=C(\F)[Si](CC)(CC)CC)c3ccccc23)cc1. The molecule has 3 rings (SSSR count). The average Bonchev–Trinajstić information content (AvgIpc) is 2.84. The normalized spacial score (nSPS) is 12.3. The second-order valence-corrected chi connectivity index (χ2v) is 13.5. The Bertz CT molecular complexity index is 1150. The molecule has 0 bridgehead atoms. The molecule has 3 heteroatoms. The Morgan fingerprint density at radius 2 is 1.38 bits per heavy atom. The predicted octanol–water partition coefficient (Wildman–Crippen LogP) is 8.85. The monoisotopic (exact) mass is 446 g/mol. The Morgan fingerprint density at radius 1 is 0.750 bits per heavy atom. The molecule has 166 valence electrons. The first-order valence-corrected chi connectivity index (χ1v) is 14.3. The van der Waals surface area contributed by atoms with Gasteiger partial charge in [-0.25, -0.2) is 8.78 Å². The van der Waals surface area contributed by atoms with Crippen LogP contribution in [0.3, 0.4) is 0 Å². The van der Waals surface area contributed by atoms with Crippen LogP contribution in [0.4, 0.5) is 8.78 Å². The molecule has 0 aromatic heterocycles. The molecule has 0 spiro atoms. The molecule has 3 aromatic rings. The number of fused-ring (bicyclic) bond motifs is 1. The second-order valence-electron chi connectivity index (χ2n) is 8.37. The summed E-state index contributed by atoms with van der Waals surface area (Å²) < 4.78 is 30.9. The van der Waals surface area contributed by atoms with Crippen molar-refractivity contribution in [3.8, 4) is 11.8 Å². The zero-order valence-corrected chi connectivity index (χ0v) is 20.6. The van der Waals surface area contributed by atoms with E-state index in [9.17, 15) is 0 Å². The van der Waals surface area contributed by atoms with Gasteiger partial charge in [-0.1, -0.05) is 107 Å². The Hall–Kier alpha value is -2.70. The minimum Gasteiger partial charge on any atom is -0.214 e. The zero-order chi connectivity index (χ0) is 23.1. The van der Waals surface area contributed by atoms with E-state index in [1.165, 1.54) is 5.56 Å². The fraction of sp³-hybridized carbons (Fsp3) is 0.310. The number of benzene rings is 3. The first-order valence-electron chi connectivity index (χ1n) is 11.7. The lowest BCUT2D eigenvalue weighted by Crippen LogP contribution is -2.33. The van der Waals surface area contributed by atoms with Crippen LogP contribution in [0.2, 0.25) is 18.1 Å². The summed E-state index contributed by atoms with van der Waals surface area (Å²) in [6.45, 7) is 8.12. The van der Waals surface area contributed by atoms with E-state index < -0.39 is 19.4 Å². The van der Waals surface area contributed by atoms with E-state index in [0.717, 1.165) is 29.4 Å². The van der Waals surface area contributed by atoms with Crippen molar-refractivity contribution in [2.24, 2.45) is 0 Å². The summed E-state index contributed by atoms with van der Waals surface area (Å²) >= 11 is 0. The van der Waals surface area contributed by atoms with Crippen LogP contribution in [0.5, 0.6) is 0 Å². The lowest BCUT2D eigenvalue weighted by Gasteiger charge is -2.26. The van der Waals surface area contributed by atoms with Crippen LogP contribution in [0.15, 0.2) is 66.1 Å². The standard InChI is InChI=1S/C29H32F2Si/c1-5-11-22-14-16-23(17-15-22)18-19-24-20-21-27(26-13-10-9-12-25(24)26)28(30)29(31)32(6-2,7-3)8-4/h9-10,12-17,20-21H,5-8,11H2,1-4H3/b29-28-. The van der Waals surface area contributed by atoms with Crippen molar-refractivity contribution in [1.82, 2.24) is 0 Å². The highest BCUT2D eigenvalue weighted by molar-refractivity contribution is 6.86. The van der Waals surface area contributed by atoms with Crippen molar-refractivity contribution in [1.29, 1.82) is 0 Å². The molecule has 0 heterocycles. The maximum Gasteiger partial charge on any atom is 0.157 e. The van der Waals surface area contributed by atoms with Crippen LogP contribution in [0.1, 0.15) is 56.4 Å². The van der Waals surface area contributed by atoms with E-state index in [1.807, 2.05) is 63.2 Å². The smallest absolute Gasteiger partial charge is 0.157 e. The fourth-order valence-electron chi connectivity index (χ4n) is 4.35. The van der Waals surface area contributed by atoms with Crippen LogP contribution >= 0.6 is 0 Å². The summed E-state index contributed by atoms with van der Waals surface area (Å²) in [4.78, 5) is 0. The highest BCUT2D eigenvalue weighted by atomic mass is 28.3. The van der Waals surface area contributed by atoms with Gasteiger partial charge in [-0.15, -0.1) is 0 Å². The van der Waals surface area contributed by atoms with E-state index in [0.29, 0.717) is 29.1 Å². The molecule has 0 saturated carbocycles. The molecule has 0 nitrogen and oxygen atoms in total. The van der Waals surface area contributed by atoms with Gasteiger partial charge in [0.05, 0.1) is 0 Å². The number of rotatable bonds is 7. The largest absolute Gasteiger partial charge is 0.214 e. The van der Waals surface area contributed by atoms with Crippen LogP contribution in [-0.2, 0) is 6.42 Å². The Morgan fingerprint density at radius 3 is 1.97 bits per heavy atom. The van der Waals surface area contributed by atoms with Crippen molar-refractivity contribution in [3.63, 3.8) is 0 Å². The van der Waals surface area contributed by atoms with Gasteiger partial charge >= 0.3 is 0 Å². The molecule has 0 atom stereocenters. The summed E-state index contributed by atoms with van der Waals surface area (Å²) in [6, 6.07) is 21.5. The molecule has 0 amide bonds. The minimum atomic E-state index is -2.43. The molecule has 0 fully saturated rings. The van der Waals surface area contributed by atoms with Gasteiger partial charge < -0.3 is 0 Å². The van der Waals surface area contributed by atoms with E-state index in [-0.39, 0.29) is 0 Å². The van der Waals surface area contributed by atoms with Crippen molar-refractivity contribution in [2.75, 3.05) is 0 Å². The first kappa shape index (κ1) is 23.9. The van der Waals surface area contributed by atoms with Gasteiger partial charge in [0.25, 0.3) is 0 Å². The molecule has 3 aromatic carbocycles. The number of hydrogen-bond acceptors (Lipinski definition) is 0. The molecule has 0 aliphatic carbocycles. The molecular weight excluding hydrogens is 414 g/mol. The third-order valence-electron chi connectivity index (χ3n) is 6.68. The molecule has 0 radical (unpaired) electrons. The third-order valence-corrected chi connectivity index (χ3v) is 11.9. The summed E-state index contributed by atoms with van der Waals surface area (Å²) in [5, 5.41) is 1.55. The maximum absolute atomic E-state index is 15.5. The Labute approximate surface area is 192 Å². The van der Waals surface area contributed by atoms with Crippen molar-refractivity contribution in [3.05, 3.63) is 88.4 Å². The molecule has 0 aliphatic rings. The summed E-state index contributed by atoms with van der Waals surface area (Å²) in [5.74, 6) is 5.77. The average molecular weight is 447 g/mol. The molecule has 0 saturated heterocycles. The van der Waals surface area contributed by atoms with Gasteiger partial charge in [-0.3, -0.25) is 0 Å². The van der Waals surface area contributed by atoms with Gasteiger partial charge in [0, 0.05) is 16.7 Å². The number of aryl methyl sites for hydroxylation is 1. The minimum absolute atomic E-state index is 0.333. The Balaban J connectivity index is 2.06. The van der Waals surface area contributed by atoms with Gasteiger partial charge in [-0.05, 0) is 41.0 Å².